The first-order valence-electron chi connectivity index (χ1n) is 9.19. The van der Waals surface area contributed by atoms with Gasteiger partial charge in [-0.25, -0.2) is 0 Å². The zero-order valence-electron chi connectivity index (χ0n) is 15.0. The average molecular weight is 441 g/mol. The lowest BCUT2D eigenvalue weighted by Crippen LogP contribution is -2.60. The molecule has 1 aromatic carbocycles. The minimum Gasteiger partial charge on any atom is -0.332 e. The highest BCUT2D eigenvalue weighted by Crippen LogP contribution is 2.39. The fourth-order valence-corrected chi connectivity index (χ4v) is 4.90. The zero-order chi connectivity index (χ0) is 19.9. The van der Waals surface area contributed by atoms with Crippen molar-refractivity contribution in [3.05, 3.63) is 70.1 Å². The molecule has 0 unspecified atom stereocenters. The number of carbonyl (C=O) groups excluding carboxylic acids is 1. The highest BCUT2D eigenvalue weighted by molar-refractivity contribution is 6.68. The lowest BCUT2D eigenvalue weighted by molar-refractivity contribution is 0.0586. The molecule has 2 aliphatic rings. The number of nitrogens with zero attached hydrogens (tertiary/aromatic N) is 2. The standard InChI is InChI=1S/C20H20Cl3N3O2/c21-20(22,23)19(24-18(28)14-5-2-1-3-6-14)25-10-13-9-15(12-25)16-7-4-8-17(27)26(16)11-13/h1-8,13,15,19H,9-12H2,(H,24,28)/t13-,15+,19+/m1/s1. The van der Waals surface area contributed by atoms with E-state index in [2.05, 4.69) is 5.32 Å². The SMILES string of the molecule is O=C(N[C@@H](N1C[C@H]2C[C@@H](C1)c1cccc(=O)n1C2)C(Cl)(Cl)Cl)c1ccccc1. The van der Waals surface area contributed by atoms with Crippen molar-refractivity contribution in [3.63, 3.8) is 0 Å². The largest absolute Gasteiger partial charge is 0.332 e. The maximum absolute atomic E-state index is 12.7. The quantitative estimate of drug-likeness (QED) is 0.744. The molecule has 28 heavy (non-hydrogen) atoms. The Hall–Kier alpha value is -1.53. The molecule has 1 N–H and O–H groups in total. The van der Waals surface area contributed by atoms with E-state index in [1.807, 2.05) is 21.6 Å². The number of piperidine rings is 1. The smallest absolute Gasteiger partial charge is 0.252 e. The van der Waals surface area contributed by atoms with E-state index < -0.39 is 9.96 Å². The van der Waals surface area contributed by atoms with Gasteiger partial charge in [-0.15, -0.1) is 0 Å². The number of pyridine rings is 1. The molecule has 0 aliphatic carbocycles. The summed E-state index contributed by atoms with van der Waals surface area (Å²) in [5.41, 5.74) is 1.54. The van der Waals surface area contributed by atoms with Crippen molar-refractivity contribution in [3.8, 4) is 0 Å². The van der Waals surface area contributed by atoms with Crippen LogP contribution >= 0.6 is 34.8 Å². The van der Waals surface area contributed by atoms with Crippen molar-refractivity contribution in [1.82, 2.24) is 14.8 Å². The van der Waals surface area contributed by atoms with Crippen LogP contribution in [0.25, 0.3) is 0 Å². The number of amides is 1. The van der Waals surface area contributed by atoms with Gasteiger partial charge in [0.05, 0.1) is 0 Å². The number of rotatable bonds is 3. The molecule has 1 fully saturated rings. The summed E-state index contributed by atoms with van der Waals surface area (Å²) in [7, 11) is 0. The Kier molecular flexibility index (Phi) is 5.45. The van der Waals surface area contributed by atoms with Gasteiger partial charge in [0.1, 0.15) is 6.17 Å². The van der Waals surface area contributed by atoms with Crippen molar-refractivity contribution < 1.29 is 4.79 Å². The fourth-order valence-electron chi connectivity index (χ4n) is 4.32. The second-order valence-corrected chi connectivity index (χ2v) is 9.80. The number of benzene rings is 1. The Morgan fingerprint density at radius 2 is 1.79 bits per heavy atom. The number of hydrogen-bond donors (Lipinski definition) is 1. The number of halogens is 3. The number of nitrogens with one attached hydrogen (secondary N) is 1. The summed E-state index contributed by atoms with van der Waals surface area (Å²) < 4.78 is 0.162. The van der Waals surface area contributed by atoms with Crippen molar-refractivity contribution in [2.24, 2.45) is 5.92 Å². The molecule has 1 amide bonds. The molecule has 4 rings (SSSR count). The van der Waals surface area contributed by atoms with E-state index >= 15 is 0 Å². The Labute approximate surface area is 178 Å². The first-order chi connectivity index (χ1) is 13.3. The number of aromatic nitrogens is 1. The van der Waals surface area contributed by atoms with Gasteiger partial charge in [0.15, 0.2) is 0 Å². The lowest BCUT2D eigenvalue weighted by Gasteiger charge is -2.47. The molecule has 0 spiro atoms. The Bertz CT molecular complexity index is 926. The van der Waals surface area contributed by atoms with Crippen LogP contribution in [0.5, 0.6) is 0 Å². The third-order valence-electron chi connectivity index (χ3n) is 5.49. The van der Waals surface area contributed by atoms with Crippen LogP contribution in [0.2, 0.25) is 0 Å². The van der Waals surface area contributed by atoms with Gasteiger partial charge in [0, 0.05) is 42.9 Å². The van der Waals surface area contributed by atoms with E-state index in [1.165, 1.54) is 0 Å². The second kappa shape index (κ2) is 7.71. The molecular weight excluding hydrogens is 421 g/mol. The molecule has 3 atom stereocenters. The summed E-state index contributed by atoms with van der Waals surface area (Å²) >= 11 is 18.8. The predicted molar refractivity (Wildman–Crippen MR) is 111 cm³/mol. The van der Waals surface area contributed by atoms with Gasteiger partial charge in [-0.2, -0.15) is 0 Å². The fraction of sp³-hybridized carbons (Fsp3) is 0.400. The Morgan fingerprint density at radius 3 is 2.50 bits per heavy atom. The monoisotopic (exact) mass is 439 g/mol. The summed E-state index contributed by atoms with van der Waals surface area (Å²) in [6.07, 6.45) is 0.219. The maximum Gasteiger partial charge on any atom is 0.252 e. The van der Waals surface area contributed by atoms with Crippen molar-refractivity contribution in [1.29, 1.82) is 0 Å². The van der Waals surface area contributed by atoms with Crippen LogP contribution in [0.4, 0.5) is 0 Å². The highest BCUT2D eigenvalue weighted by Gasteiger charge is 2.44. The Balaban J connectivity index is 1.59. The van der Waals surface area contributed by atoms with E-state index in [0.29, 0.717) is 25.2 Å². The second-order valence-electron chi connectivity index (χ2n) is 7.44. The minimum atomic E-state index is -1.69. The summed E-state index contributed by atoms with van der Waals surface area (Å²) in [6.45, 7) is 1.89. The molecule has 3 heterocycles. The van der Waals surface area contributed by atoms with Crippen LogP contribution < -0.4 is 10.9 Å². The number of alkyl halides is 3. The topological polar surface area (TPSA) is 54.3 Å². The van der Waals surface area contributed by atoms with E-state index in [0.717, 1.165) is 12.1 Å². The third kappa shape index (κ3) is 3.94. The van der Waals surface area contributed by atoms with Crippen molar-refractivity contribution in [2.45, 2.75) is 28.8 Å². The number of carbonyl (C=O) groups is 1. The van der Waals surface area contributed by atoms with E-state index in [1.54, 1.807) is 36.4 Å². The van der Waals surface area contributed by atoms with Gasteiger partial charge in [0.2, 0.25) is 3.79 Å². The summed E-state index contributed by atoms with van der Waals surface area (Å²) in [5, 5.41) is 2.89. The van der Waals surface area contributed by atoms with Crippen LogP contribution in [-0.4, -0.2) is 38.4 Å². The van der Waals surface area contributed by atoms with Crippen LogP contribution in [-0.2, 0) is 6.54 Å². The van der Waals surface area contributed by atoms with Crippen molar-refractivity contribution in [2.75, 3.05) is 13.1 Å². The molecule has 2 aliphatic heterocycles. The van der Waals surface area contributed by atoms with E-state index in [4.69, 9.17) is 34.8 Å². The first-order valence-corrected chi connectivity index (χ1v) is 10.3. The molecule has 2 bridgehead atoms. The van der Waals surface area contributed by atoms with E-state index in [9.17, 15) is 9.59 Å². The van der Waals surface area contributed by atoms with Crippen LogP contribution in [0.3, 0.4) is 0 Å². The van der Waals surface area contributed by atoms with Crippen LogP contribution in [0, 0.1) is 5.92 Å². The molecule has 148 valence electrons. The summed E-state index contributed by atoms with van der Waals surface area (Å²) in [6, 6.07) is 14.2. The number of fused-ring (bicyclic) bond motifs is 4. The molecule has 2 aromatic rings. The van der Waals surface area contributed by atoms with Gasteiger partial charge in [0.25, 0.3) is 11.5 Å². The van der Waals surface area contributed by atoms with Crippen LogP contribution in [0.15, 0.2) is 53.3 Å². The number of hydrogen-bond acceptors (Lipinski definition) is 3. The van der Waals surface area contributed by atoms with E-state index in [-0.39, 0.29) is 23.3 Å². The van der Waals surface area contributed by atoms with Gasteiger partial charge in [-0.3, -0.25) is 14.5 Å². The summed E-state index contributed by atoms with van der Waals surface area (Å²) in [5.74, 6) is 0.129. The molecule has 8 heteroatoms. The number of likely N-dealkylation sites (tertiary alicyclic amines) is 1. The highest BCUT2D eigenvalue weighted by atomic mass is 35.6. The molecule has 1 aromatic heterocycles. The molecule has 0 saturated carbocycles. The minimum absolute atomic E-state index is 0.0240. The predicted octanol–water partition coefficient (Wildman–Crippen LogP) is 3.39. The molecular formula is C20H20Cl3N3O2. The zero-order valence-corrected chi connectivity index (χ0v) is 17.3. The van der Waals surface area contributed by atoms with Crippen molar-refractivity contribution >= 4 is 40.7 Å². The van der Waals surface area contributed by atoms with Gasteiger partial charge in [-0.05, 0) is 30.5 Å². The van der Waals surface area contributed by atoms with Gasteiger partial charge in [-0.1, -0.05) is 59.1 Å². The van der Waals surface area contributed by atoms with Gasteiger partial charge >= 0.3 is 0 Å². The van der Waals surface area contributed by atoms with Crippen LogP contribution in [0.1, 0.15) is 28.4 Å². The first kappa shape index (κ1) is 19.8. The molecule has 5 nitrogen and oxygen atoms in total. The lowest BCUT2D eigenvalue weighted by atomic mass is 9.83. The average Bonchev–Trinajstić information content (AvgIpc) is 2.66. The van der Waals surface area contributed by atoms with Gasteiger partial charge < -0.3 is 9.88 Å². The Morgan fingerprint density at radius 1 is 1.04 bits per heavy atom. The normalized spacial score (nSPS) is 23.0. The summed E-state index contributed by atoms with van der Waals surface area (Å²) in [4.78, 5) is 26.9. The molecule has 0 radical (unpaired) electrons. The third-order valence-corrected chi connectivity index (χ3v) is 6.11. The maximum atomic E-state index is 12.7. The molecule has 1 saturated heterocycles.